The summed E-state index contributed by atoms with van der Waals surface area (Å²) in [6, 6.07) is 5.63. The number of fused-ring (bicyclic) bond motifs is 1. The molecule has 2 fully saturated rings. The number of H-pyrrole nitrogens is 1. The molecule has 1 aliphatic carbocycles. The molecule has 1 N–H and O–H groups in total. The largest absolute Gasteiger partial charge is 0.416 e. The van der Waals surface area contributed by atoms with Crippen LogP contribution < -0.4 is 11.2 Å². The average Bonchev–Trinajstić information content (AvgIpc) is 3.36. The van der Waals surface area contributed by atoms with Gasteiger partial charge in [0, 0.05) is 43.0 Å². The molecular formula is C24H21F5N4O2. The third-order valence-corrected chi connectivity index (χ3v) is 6.98. The molecular weight excluding hydrogens is 471 g/mol. The topological polar surface area (TPSA) is 71.0 Å². The van der Waals surface area contributed by atoms with Crippen molar-refractivity contribution in [3.63, 3.8) is 0 Å². The van der Waals surface area contributed by atoms with Crippen molar-refractivity contribution in [1.29, 1.82) is 0 Å². The lowest BCUT2D eigenvalue weighted by Gasteiger charge is -2.22. The molecule has 6 nitrogen and oxygen atoms in total. The lowest BCUT2D eigenvalue weighted by atomic mass is 9.93. The first-order chi connectivity index (χ1) is 16.6. The summed E-state index contributed by atoms with van der Waals surface area (Å²) in [7, 11) is 0. The Kier molecular flexibility index (Phi) is 5.62. The zero-order chi connectivity index (χ0) is 25.0. The zero-order valence-electron chi connectivity index (χ0n) is 18.4. The van der Waals surface area contributed by atoms with E-state index in [1.807, 2.05) is 0 Å². The molecule has 1 unspecified atom stereocenters. The SMILES string of the molecule is O=c1[nH]c(=O)n(CCCN2CC3C[C@]3(c3ccc(C(F)(F)F)cc3F)C2)cc1-c1cccnc1F. The zero-order valence-corrected chi connectivity index (χ0v) is 18.4. The maximum absolute atomic E-state index is 14.6. The van der Waals surface area contributed by atoms with Crippen LogP contribution >= 0.6 is 0 Å². The normalized spacial score (nSPS) is 21.8. The van der Waals surface area contributed by atoms with Crippen LogP contribution in [0.15, 0.2) is 52.3 Å². The number of pyridine rings is 1. The third-order valence-electron chi connectivity index (χ3n) is 6.98. The fourth-order valence-corrected chi connectivity index (χ4v) is 5.19. The number of hydrogen-bond donors (Lipinski definition) is 1. The smallest absolute Gasteiger partial charge is 0.302 e. The van der Waals surface area contributed by atoms with Crippen molar-refractivity contribution < 1.29 is 22.0 Å². The number of alkyl halides is 3. The summed E-state index contributed by atoms with van der Waals surface area (Å²) in [6.07, 6.45) is -0.774. The van der Waals surface area contributed by atoms with Gasteiger partial charge in [0.2, 0.25) is 5.95 Å². The Morgan fingerprint density at radius 2 is 1.91 bits per heavy atom. The fraction of sp³-hybridized carbons (Fsp3) is 0.375. The molecule has 3 aromatic rings. The van der Waals surface area contributed by atoms with Crippen LogP contribution in [0, 0.1) is 17.7 Å². The van der Waals surface area contributed by atoms with E-state index in [0.717, 1.165) is 12.5 Å². The van der Waals surface area contributed by atoms with Crippen molar-refractivity contribution in [3.8, 4) is 11.1 Å². The van der Waals surface area contributed by atoms with Crippen LogP contribution in [0.4, 0.5) is 22.0 Å². The minimum atomic E-state index is -4.59. The number of nitrogens with one attached hydrogen (secondary N) is 1. The van der Waals surface area contributed by atoms with Crippen molar-refractivity contribution in [2.45, 2.75) is 31.0 Å². The van der Waals surface area contributed by atoms with Crippen LogP contribution in [-0.4, -0.2) is 39.1 Å². The summed E-state index contributed by atoms with van der Waals surface area (Å²) in [6.45, 7) is 2.04. The molecule has 0 amide bonds. The quantitative estimate of drug-likeness (QED) is 0.422. The van der Waals surface area contributed by atoms with E-state index in [4.69, 9.17) is 0 Å². The van der Waals surface area contributed by atoms with Gasteiger partial charge in [-0.2, -0.15) is 17.6 Å². The molecule has 3 heterocycles. The molecule has 0 bridgehead atoms. The molecule has 0 spiro atoms. The predicted octanol–water partition coefficient (Wildman–Crippen LogP) is 3.56. The van der Waals surface area contributed by atoms with Gasteiger partial charge in [-0.3, -0.25) is 14.3 Å². The fourth-order valence-electron chi connectivity index (χ4n) is 5.19. The molecule has 1 aliphatic heterocycles. The van der Waals surface area contributed by atoms with Gasteiger partial charge in [0.1, 0.15) is 5.82 Å². The Labute approximate surface area is 196 Å². The lowest BCUT2D eigenvalue weighted by Crippen LogP contribution is -2.32. The predicted molar refractivity (Wildman–Crippen MR) is 117 cm³/mol. The average molecular weight is 492 g/mol. The maximum atomic E-state index is 14.6. The number of halogens is 5. The Balaban J connectivity index is 1.25. The second kappa shape index (κ2) is 8.40. The van der Waals surface area contributed by atoms with Gasteiger partial charge in [-0.25, -0.2) is 14.2 Å². The van der Waals surface area contributed by atoms with Crippen LogP contribution in [0.25, 0.3) is 11.1 Å². The number of hydrogen-bond acceptors (Lipinski definition) is 4. The summed E-state index contributed by atoms with van der Waals surface area (Å²) in [5.41, 5.74) is -2.50. The molecule has 1 saturated heterocycles. The van der Waals surface area contributed by atoms with Gasteiger partial charge in [-0.1, -0.05) is 6.07 Å². The van der Waals surface area contributed by atoms with Gasteiger partial charge in [0.25, 0.3) is 5.56 Å². The Hall–Kier alpha value is -3.34. The molecule has 1 saturated carbocycles. The molecule has 2 aromatic heterocycles. The van der Waals surface area contributed by atoms with Crippen LogP contribution in [-0.2, 0) is 18.1 Å². The molecule has 0 radical (unpaired) electrons. The highest BCUT2D eigenvalue weighted by atomic mass is 19.4. The van der Waals surface area contributed by atoms with Crippen molar-refractivity contribution in [2.75, 3.05) is 19.6 Å². The number of aromatic amines is 1. The monoisotopic (exact) mass is 492 g/mol. The number of aryl methyl sites for hydroxylation is 1. The highest BCUT2D eigenvalue weighted by molar-refractivity contribution is 5.60. The maximum Gasteiger partial charge on any atom is 0.416 e. The van der Waals surface area contributed by atoms with Crippen molar-refractivity contribution in [2.24, 2.45) is 5.92 Å². The van der Waals surface area contributed by atoms with Crippen molar-refractivity contribution in [1.82, 2.24) is 19.4 Å². The van der Waals surface area contributed by atoms with Gasteiger partial charge >= 0.3 is 11.9 Å². The number of piperidine rings is 1. The molecule has 35 heavy (non-hydrogen) atoms. The number of likely N-dealkylation sites (tertiary alicyclic amines) is 1. The van der Waals surface area contributed by atoms with Crippen LogP contribution in [0.1, 0.15) is 24.0 Å². The molecule has 184 valence electrons. The number of nitrogens with zero attached hydrogens (tertiary/aromatic N) is 3. The lowest BCUT2D eigenvalue weighted by molar-refractivity contribution is -0.137. The molecule has 2 aliphatic rings. The van der Waals surface area contributed by atoms with E-state index >= 15 is 0 Å². The summed E-state index contributed by atoms with van der Waals surface area (Å²) in [5, 5.41) is 0. The van der Waals surface area contributed by atoms with E-state index in [1.165, 1.54) is 35.2 Å². The highest BCUT2D eigenvalue weighted by Gasteiger charge is 2.61. The second-order valence-electron chi connectivity index (χ2n) is 9.18. The Bertz CT molecular complexity index is 1400. The number of rotatable bonds is 6. The molecule has 1 aromatic carbocycles. The van der Waals surface area contributed by atoms with Crippen LogP contribution in [0.3, 0.4) is 0 Å². The Morgan fingerprint density at radius 3 is 2.63 bits per heavy atom. The molecule has 2 atom stereocenters. The van der Waals surface area contributed by atoms with E-state index < -0.39 is 40.2 Å². The van der Waals surface area contributed by atoms with Crippen LogP contribution in [0.5, 0.6) is 0 Å². The van der Waals surface area contributed by atoms with E-state index in [0.29, 0.717) is 37.7 Å². The van der Waals surface area contributed by atoms with Crippen molar-refractivity contribution >= 4 is 0 Å². The third kappa shape index (κ3) is 4.29. The van der Waals surface area contributed by atoms with E-state index in [9.17, 15) is 31.5 Å². The standard InChI is InChI=1S/C24H21F5N4O2/c25-19-9-14(24(27,28)29)4-5-18(19)23-10-15(23)11-32(13-23)7-2-8-33-12-17(21(34)31-22(33)35)16-3-1-6-30-20(16)26/h1,3-6,9,12,15H,2,7-8,10-11,13H2,(H,31,34,35)/t15?,23-/m0/s1. The second-order valence-corrected chi connectivity index (χ2v) is 9.18. The summed E-state index contributed by atoms with van der Waals surface area (Å²) in [4.78, 5) is 32.2. The van der Waals surface area contributed by atoms with E-state index in [2.05, 4.69) is 14.9 Å². The van der Waals surface area contributed by atoms with E-state index in [-0.39, 0.29) is 23.6 Å². The van der Waals surface area contributed by atoms with Crippen LogP contribution in [0.2, 0.25) is 0 Å². The highest BCUT2D eigenvalue weighted by Crippen LogP contribution is 2.59. The minimum absolute atomic E-state index is 0.00523. The number of aromatic nitrogens is 3. The first-order valence-electron chi connectivity index (χ1n) is 11.1. The van der Waals surface area contributed by atoms with E-state index in [1.54, 1.807) is 0 Å². The van der Waals surface area contributed by atoms with Gasteiger partial charge in [-0.05, 0) is 55.1 Å². The summed E-state index contributed by atoms with van der Waals surface area (Å²) in [5.74, 6) is -1.48. The summed E-state index contributed by atoms with van der Waals surface area (Å²) >= 11 is 0. The van der Waals surface area contributed by atoms with Gasteiger partial charge in [-0.15, -0.1) is 0 Å². The molecule has 11 heteroatoms. The van der Waals surface area contributed by atoms with Gasteiger partial charge in [0.05, 0.1) is 11.1 Å². The minimum Gasteiger partial charge on any atom is -0.302 e. The first-order valence-corrected chi connectivity index (χ1v) is 11.1. The first kappa shape index (κ1) is 23.4. The number of benzene rings is 1. The van der Waals surface area contributed by atoms with Crippen molar-refractivity contribution in [3.05, 3.63) is 86.5 Å². The molecule has 5 rings (SSSR count). The summed E-state index contributed by atoms with van der Waals surface area (Å²) < 4.78 is 68.5. The van der Waals surface area contributed by atoms with Gasteiger partial charge in [0.15, 0.2) is 0 Å². The van der Waals surface area contributed by atoms with Gasteiger partial charge < -0.3 is 4.90 Å². The Morgan fingerprint density at radius 1 is 1.11 bits per heavy atom.